The van der Waals surface area contributed by atoms with Crippen molar-refractivity contribution in [2.75, 3.05) is 16.8 Å². The third-order valence-electron chi connectivity index (χ3n) is 5.54. The normalized spacial score (nSPS) is 13.6. The molecule has 1 N–H and O–H groups in total. The monoisotopic (exact) mass is 501 g/mol. The van der Waals surface area contributed by atoms with Gasteiger partial charge in [0.1, 0.15) is 23.1 Å². The topological polar surface area (TPSA) is 71.5 Å². The lowest BCUT2D eigenvalue weighted by molar-refractivity contribution is -0.137. The fraction of sp³-hybridized carbons (Fsp3) is 0.240. The Bertz CT molecular complexity index is 1290. The van der Waals surface area contributed by atoms with Crippen LogP contribution in [-0.4, -0.2) is 23.3 Å². The van der Waals surface area contributed by atoms with E-state index < -0.39 is 11.7 Å². The molecular weight excluding hydrogens is 478 g/mol. The van der Waals surface area contributed by atoms with Gasteiger partial charge in [-0.2, -0.15) is 13.2 Å². The van der Waals surface area contributed by atoms with Crippen LogP contribution < -0.4 is 20.3 Å². The number of hydrogen-bond donors (Lipinski definition) is 1. The molecule has 4 rings (SSSR count). The molecule has 0 spiro atoms. The number of ether oxygens (including phenoxy) is 1. The van der Waals surface area contributed by atoms with Crippen molar-refractivity contribution >= 4 is 38.0 Å². The van der Waals surface area contributed by atoms with Gasteiger partial charge in [0, 0.05) is 28.9 Å². The van der Waals surface area contributed by atoms with Crippen LogP contribution in [0.4, 0.5) is 24.8 Å². The quantitative estimate of drug-likeness (QED) is 0.489. The molecule has 0 fully saturated rings. The predicted molar refractivity (Wildman–Crippen MR) is 130 cm³/mol. The Morgan fingerprint density at radius 3 is 2.54 bits per heavy atom. The van der Waals surface area contributed by atoms with Gasteiger partial charge in [0.15, 0.2) is 0 Å². The van der Waals surface area contributed by atoms with Gasteiger partial charge in [-0.05, 0) is 48.9 Å². The molecule has 1 unspecified atom stereocenters. The number of amides is 2. The molecule has 10 heteroatoms. The van der Waals surface area contributed by atoms with Crippen LogP contribution in [0.1, 0.15) is 35.3 Å². The number of benzene rings is 2. The van der Waals surface area contributed by atoms with Crippen LogP contribution in [0.25, 0.3) is 0 Å². The maximum absolute atomic E-state index is 13.3. The molecule has 6 nitrogen and oxygen atoms in total. The summed E-state index contributed by atoms with van der Waals surface area (Å²) in [6.07, 6.45) is -4.00. The van der Waals surface area contributed by atoms with Gasteiger partial charge in [-0.3, -0.25) is 14.5 Å². The zero-order valence-corrected chi connectivity index (χ0v) is 20.2. The van der Waals surface area contributed by atoms with Crippen molar-refractivity contribution < 1.29 is 27.5 Å². The number of carbonyl (C=O) groups excluding carboxylic acids is 2. The van der Waals surface area contributed by atoms with E-state index in [1.807, 2.05) is 0 Å². The minimum atomic E-state index is -4.45. The molecule has 0 aliphatic carbocycles. The Morgan fingerprint density at radius 2 is 1.86 bits per heavy atom. The SMILES string of the molecule is CC(C)C(=O)Nc1cccc(N2CCc3c(Oc4ccc(C(F)(F)F)cc4P)cccc3C2=O)n1. The summed E-state index contributed by atoms with van der Waals surface area (Å²) in [5, 5.41) is 2.98. The van der Waals surface area contributed by atoms with Crippen LogP contribution in [0, 0.1) is 5.92 Å². The molecule has 1 aliphatic rings. The highest BCUT2D eigenvalue weighted by atomic mass is 31.0. The molecule has 3 aromatic rings. The number of alkyl halides is 3. The zero-order valence-electron chi connectivity index (χ0n) is 19.0. The number of anilines is 2. The van der Waals surface area contributed by atoms with E-state index in [4.69, 9.17) is 4.74 Å². The van der Waals surface area contributed by atoms with Gasteiger partial charge in [0.25, 0.3) is 5.91 Å². The average Bonchev–Trinajstić information content (AvgIpc) is 2.80. The van der Waals surface area contributed by atoms with Gasteiger partial charge in [0.2, 0.25) is 5.91 Å². The summed E-state index contributed by atoms with van der Waals surface area (Å²) < 4.78 is 44.9. The van der Waals surface area contributed by atoms with Crippen LogP contribution in [0.2, 0.25) is 0 Å². The smallest absolute Gasteiger partial charge is 0.416 e. The molecule has 0 bridgehead atoms. The first-order chi connectivity index (χ1) is 16.5. The van der Waals surface area contributed by atoms with E-state index in [0.29, 0.717) is 41.5 Å². The summed E-state index contributed by atoms with van der Waals surface area (Å²) in [6, 6.07) is 13.3. The van der Waals surface area contributed by atoms with Gasteiger partial charge >= 0.3 is 6.18 Å². The number of rotatable bonds is 5. The number of hydrogen-bond acceptors (Lipinski definition) is 4. The highest BCUT2D eigenvalue weighted by Crippen LogP contribution is 2.35. The number of nitrogens with zero attached hydrogens (tertiary/aromatic N) is 2. The van der Waals surface area contributed by atoms with Gasteiger partial charge in [-0.1, -0.05) is 26.0 Å². The molecule has 2 aromatic carbocycles. The molecule has 1 atom stereocenters. The highest BCUT2D eigenvalue weighted by molar-refractivity contribution is 7.27. The summed E-state index contributed by atoms with van der Waals surface area (Å²) in [5.41, 5.74) is 0.321. The minimum absolute atomic E-state index is 0.177. The number of carbonyl (C=O) groups is 2. The Labute approximate surface area is 202 Å². The van der Waals surface area contributed by atoms with Crippen molar-refractivity contribution in [2.45, 2.75) is 26.4 Å². The molecule has 1 aliphatic heterocycles. The molecule has 0 radical (unpaired) electrons. The van der Waals surface area contributed by atoms with Gasteiger partial charge < -0.3 is 10.1 Å². The van der Waals surface area contributed by atoms with Crippen LogP contribution in [0.5, 0.6) is 11.5 Å². The Balaban J connectivity index is 1.58. The maximum atomic E-state index is 13.3. The van der Waals surface area contributed by atoms with Crippen molar-refractivity contribution in [2.24, 2.45) is 5.92 Å². The molecule has 1 aromatic heterocycles. The van der Waals surface area contributed by atoms with E-state index in [9.17, 15) is 22.8 Å². The van der Waals surface area contributed by atoms with E-state index >= 15 is 0 Å². The van der Waals surface area contributed by atoms with E-state index in [1.165, 1.54) is 11.0 Å². The van der Waals surface area contributed by atoms with E-state index in [0.717, 1.165) is 12.1 Å². The number of nitrogens with one attached hydrogen (secondary N) is 1. The Hall–Kier alpha value is -3.45. The predicted octanol–water partition coefficient (Wildman–Crippen LogP) is 5.19. The lowest BCUT2D eigenvalue weighted by atomic mass is 9.98. The number of aromatic nitrogens is 1. The molecule has 2 heterocycles. The minimum Gasteiger partial charge on any atom is -0.456 e. The van der Waals surface area contributed by atoms with Crippen molar-refractivity contribution in [3.8, 4) is 11.5 Å². The summed E-state index contributed by atoms with van der Waals surface area (Å²) in [5.74, 6) is 0.745. The maximum Gasteiger partial charge on any atom is 0.416 e. The zero-order chi connectivity index (χ0) is 25.3. The average molecular weight is 501 g/mol. The molecule has 35 heavy (non-hydrogen) atoms. The van der Waals surface area contributed by atoms with Crippen molar-refractivity contribution in [1.29, 1.82) is 0 Å². The first kappa shape index (κ1) is 24.7. The summed E-state index contributed by atoms with van der Waals surface area (Å²) >= 11 is 0. The van der Waals surface area contributed by atoms with Gasteiger partial charge in [-0.15, -0.1) is 9.24 Å². The third-order valence-corrected chi connectivity index (χ3v) is 5.99. The van der Waals surface area contributed by atoms with E-state index in [1.54, 1.807) is 50.2 Å². The fourth-order valence-corrected chi connectivity index (χ4v) is 3.99. The highest BCUT2D eigenvalue weighted by Gasteiger charge is 2.32. The molecule has 0 saturated carbocycles. The van der Waals surface area contributed by atoms with Gasteiger partial charge in [-0.25, -0.2) is 4.98 Å². The summed E-state index contributed by atoms with van der Waals surface area (Å²) in [7, 11) is 2.25. The second-order valence-electron chi connectivity index (χ2n) is 8.37. The van der Waals surface area contributed by atoms with E-state index in [2.05, 4.69) is 19.5 Å². The van der Waals surface area contributed by atoms with Crippen molar-refractivity contribution in [3.63, 3.8) is 0 Å². The van der Waals surface area contributed by atoms with Crippen LogP contribution in [0.15, 0.2) is 54.6 Å². The summed E-state index contributed by atoms with van der Waals surface area (Å²) in [4.78, 5) is 31.2. The fourth-order valence-electron chi connectivity index (χ4n) is 3.66. The van der Waals surface area contributed by atoms with Gasteiger partial charge in [0.05, 0.1) is 5.56 Å². The standard InChI is InChI=1S/C25H23F3N3O3P/c1-14(2)23(32)30-21-7-4-8-22(29-21)31-12-11-16-17(24(31)33)5-3-6-18(16)34-19-10-9-15(13-20(19)35)25(26,27)28/h3-10,13-14H,11-12,35H2,1-2H3,(H,29,30,32). The molecular formula is C25H23F3N3O3P. The third kappa shape index (κ3) is 5.30. The van der Waals surface area contributed by atoms with E-state index in [-0.39, 0.29) is 28.8 Å². The molecule has 2 amide bonds. The second kappa shape index (κ2) is 9.66. The molecule has 182 valence electrons. The largest absolute Gasteiger partial charge is 0.456 e. The Morgan fingerprint density at radius 1 is 1.11 bits per heavy atom. The number of fused-ring (bicyclic) bond motifs is 1. The van der Waals surface area contributed by atoms with Crippen LogP contribution >= 0.6 is 9.24 Å². The van der Waals surface area contributed by atoms with Crippen molar-refractivity contribution in [3.05, 3.63) is 71.3 Å². The molecule has 0 saturated heterocycles. The lowest BCUT2D eigenvalue weighted by Gasteiger charge is -2.29. The number of halogens is 3. The lowest BCUT2D eigenvalue weighted by Crippen LogP contribution is -2.38. The first-order valence-corrected chi connectivity index (χ1v) is 11.5. The van der Waals surface area contributed by atoms with Crippen LogP contribution in [0.3, 0.4) is 0 Å². The van der Waals surface area contributed by atoms with Crippen LogP contribution in [-0.2, 0) is 17.4 Å². The summed E-state index contributed by atoms with van der Waals surface area (Å²) in [6.45, 7) is 3.87. The first-order valence-electron chi connectivity index (χ1n) is 10.9. The second-order valence-corrected chi connectivity index (χ2v) is 8.99. The number of pyridine rings is 1. The Kier molecular flexibility index (Phi) is 6.81. The van der Waals surface area contributed by atoms with Crippen molar-refractivity contribution in [1.82, 2.24) is 4.98 Å².